The summed E-state index contributed by atoms with van der Waals surface area (Å²) in [6.07, 6.45) is 4.56. The second-order valence-electron chi connectivity index (χ2n) is 2.54. The summed E-state index contributed by atoms with van der Waals surface area (Å²) in [5.41, 5.74) is 6.64. The Labute approximate surface area is 85.0 Å². The molecule has 2 rings (SSSR count). The van der Waals surface area contributed by atoms with Gasteiger partial charge in [0.2, 0.25) is 5.28 Å². The van der Waals surface area contributed by atoms with Gasteiger partial charge in [0.1, 0.15) is 11.5 Å². The van der Waals surface area contributed by atoms with Crippen LogP contribution in [0.5, 0.6) is 0 Å². The van der Waals surface area contributed by atoms with Crippen molar-refractivity contribution in [2.24, 2.45) is 0 Å². The highest BCUT2D eigenvalue weighted by atomic mass is 35.5. The minimum atomic E-state index is 0.182. The van der Waals surface area contributed by atoms with E-state index in [9.17, 15) is 0 Å². The fourth-order valence-electron chi connectivity index (χ4n) is 0.948. The molecule has 14 heavy (non-hydrogen) atoms. The fourth-order valence-corrected chi connectivity index (χ4v) is 1.10. The van der Waals surface area contributed by atoms with Crippen LogP contribution in [0.2, 0.25) is 5.28 Å². The lowest BCUT2D eigenvalue weighted by atomic mass is 10.3. The Morgan fingerprint density at radius 2 is 1.93 bits per heavy atom. The van der Waals surface area contributed by atoms with Gasteiger partial charge in [0.25, 0.3) is 0 Å². The van der Waals surface area contributed by atoms with E-state index in [4.69, 9.17) is 17.3 Å². The Morgan fingerprint density at radius 3 is 2.57 bits per heavy atom. The Hall–Kier alpha value is -1.75. The predicted octanol–water partition coefficient (Wildman–Crippen LogP) is 1.17. The van der Waals surface area contributed by atoms with Crippen LogP contribution in [0.1, 0.15) is 0 Å². The van der Waals surface area contributed by atoms with Gasteiger partial charge in [-0.25, -0.2) is 19.9 Å². The quantitative estimate of drug-likeness (QED) is 0.711. The second-order valence-corrected chi connectivity index (χ2v) is 2.88. The zero-order chi connectivity index (χ0) is 9.97. The average molecular weight is 208 g/mol. The number of nitrogens with two attached hydrogens (primary N) is 1. The molecule has 0 aliphatic rings. The van der Waals surface area contributed by atoms with E-state index < -0.39 is 0 Å². The van der Waals surface area contributed by atoms with Crippen molar-refractivity contribution in [2.45, 2.75) is 0 Å². The van der Waals surface area contributed by atoms with Crippen LogP contribution >= 0.6 is 11.6 Å². The molecule has 2 heterocycles. The number of aromatic nitrogens is 4. The van der Waals surface area contributed by atoms with Gasteiger partial charge in [-0.15, -0.1) is 0 Å². The van der Waals surface area contributed by atoms with Crippen molar-refractivity contribution >= 4 is 17.4 Å². The van der Waals surface area contributed by atoms with E-state index in [-0.39, 0.29) is 5.28 Å². The van der Waals surface area contributed by atoms with E-state index in [0.29, 0.717) is 17.2 Å². The smallest absolute Gasteiger partial charge is 0.222 e. The molecular weight excluding hydrogens is 202 g/mol. The van der Waals surface area contributed by atoms with Crippen LogP contribution in [0.3, 0.4) is 0 Å². The first-order valence-electron chi connectivity index (χ1n) is 3.82. The number of rotatable bonds is 1. The van der Waals surface area contributed by atoms with Gasteiger partial charge in [0.05, 0.1) is 18.1 Å². The van der Waals surface area contributed by atoms with E-state index in [1.807, 2.05) is 0 Å². The largest absolute Gasteiger partial charge is 0.382 e. The third-order valence-electron chi connectivity index (χ3n) is 1.56. The molecule has 0 radical (unpaired) electrons. The van der Waals surface area contributed by atoms with Crippen molar-refractivity contribution in [3.63, 3.8) is 0 Å². The highest BCUT2D eigenvalue weighted by Gasteiger charge is 2.01. The number of nitrogen functional groups attached to an aromatic ring is 1. The Morgan fingerprint density at radius 1 is 1.07 bits per heavy atom. The molecule has 0 amide bonds. The van der Waals surface area contributed by atoms with Crippen molar-refractivity contribution < 1.29 is 0 Å². The lowest BCUT2D eigenvalue weighted by Gasteiger charge is -1.98. The van der Waals surface area contributed by atoms with E-state index in [1.165, 1.54) is 12.4 Å². The van der Waals surface area contributed by atoms with Crippen LogP contribution in [0.4, 0.5) is 5.82 Å². The highest BCUT2D eigenvalue weighted by molar-refractivity contribution is 6.28. The van der Waals surface area contributed by atoms with Crippen LogP contribution in [-0.2, 0) is 0 Å². The molecule has 0 atom stereocenters. The zero-order valence-electron chi connectivity index (χ0n) is 7.05. The summed E-state index contributed by atoms with van der Waals surface area (Å²) >= 11 is 5.63. The number of hydrogen-bond acceptors (Lipinski definition) is 5. The molecule has 0 saturated carbocycles. The van der Waals surface area contributed by atoms with Crippen LogP contribution in [0.25, 0.3) is 11.4 Å². The molecule has 0 saturated heterocycles. The van der Waals surface area contributed by atoms with E-state index in [2.05, 4.69) is 19.9 Å². The van der Waals surface area contributed by atoms with Gasteiger partial charge in [-0.05, 0) is 17.7 Å². The number of halogens is 1. The van der Waals surface area contributed by atoms with E-state index >= 15 is 0 Å². The molecule has 70 valence electrons. The van der Waals surface area contributed by atoms with Crippen molar-refractivity contribution in [3.8, 4) is 11.4 Å². The number of nitrogens with zero attached hydrogens (tertiary/aromatic N) is 4. The second kappa shape index (κ2) is 3.55. The molecule has 2 aromatic heterocycles. The summed E-state index contributed by atoms with van der Waals surface area (Å²) < 4.78 is 0. The summed E-state index contributed by atoms with van der Waals surface area (Å²) in [7, 11) is 0. The molecule has 2 aromatic rings. The summed E-state index contributed by atoms with van der Waals surface area (Å²) in [6, 6.07) is 1.70. The van der Waals surface area contributed by atoms with Crippen molar-refractivity contribution in [1.82, 2.24) is 19.9 Å². The maximum absolute atomic E-state index is 5.63. The zero-order valence-corrected chi connectivity index (χ0v) is 7.81. The van der Waals surface area contributed by atoms with Gasteiger partial charge in [0, 0.05) is 6.20 Å². The predicted molar refractivity (Wildman–Crippen MR) is 52.5 cm³/mol. The maximum Gasteiger partial charge on any atom is 0.222 e. The van der Waals surface area contributed by atoms with Crippen LogP contribution < -0.4 is 5.73 Å². The Balaban J connectivity index is 2.44. The first-order chi connectivity index (χ1) is 6.75. The summed E-state index contributed by atoms with van der Waals surface area (Å²) in [5, 5.41) is 0.182. The first kappa shape index (κ1) is 8.83. The van der Waals surface area contributed by atoms with Gasteiger partial charge in [-0.1, -0.05) is 0 Å². The van der Waals surface area contributed by atoms with Crippen molar-refractivity contribution in [2.75, 3.05) is 5.73 Å². The molecular formula is C8H6ClN5. The van der Waals surface area contributed by atoms with Gasteiger partial charge < -0.3 is 5.73 Å². The van der Waals surface area contributed by atoms with Crippen LogP contribution in [-0.4, -0.2) is 19.9 Å². The number of anilines is 1. The monoisotopic (exact) mass is 207 g/mol. The van der Waals surface area contributed by atoms with Crippen LogP contribution in [0.15, 0.2) is 24.7 Å². The highest BCUT2D eigenvalue weighted by Crippen LogP contribution is 2.13. The Kier molecular flexibility index (Phi) is 2.24. The molecule has 0 aliphatic heterocycles. The molecule has 6 heteroatoms. The van der Waals surface area contributed by atoms with Crippen molar-refractivity contribution in [3.05, 3.63) is 29.9 Å². The molecule has 2 N–H and O–H groups in total. The summed E-state index contributed by atoms with van der Waals surface area (Å²) in [5.74, 6) is 0.369. The summed E-state index contributed by atoms with van der Waals surface area (Å²) in [4.78, 5) is 15.7. The van der Waals surface area contributed by atoms with Crippen LogP contribution in [0, 0.1) is 0 Å². The Bertz CT molecular complexity index is 442. The molecule has 0 fully saturated rings. The molecule has 0 aromatic carbocycles. The SMILES string of the molecule is Nc1cnc(-c2ccnc(Cl)n2)cn1. The minimum absolute atomic E-state index is 0.182. The van der Waals surface area contributed by atoms with E-state index in [1.54, 1.807) is 12.3 Å². The molecule has 0 bridgehead atoms. The molecule has 0 unspecified atom stereocenters. The standard InChI is InChI=1S/C8H6ClN5/c9-8-11-2-1-5(14-8)6-3-13-7(10)4-12-6/h1-4H,(H2,10,13). The lowest BCUT2D eigenvalue weighted by Crippen LogP contribution is -1.94. The normalized spacial score (nSPS) is 10.1. The number of hydrogen-bond donors (Lipinski definition) is 1. The molecule has 5 nitrogen and oxygen atoms in total. The third kappa shape index (κ3) is 1.77. The fraction of sp³-hybridized carbons (Fsp3) is 0. The van der Waals surface area contributed by atoms with Gasteiger partial charge >= 0.3 is 0 Å². The van der Waals surface area contributed by atoms with Gasteiger partial charge in [-0.3, -0.25) is 0 Å². The minimum Gasteiger partial charge on any atom is -0.382 e. The lowest BCUT2D eigenvalue weighted by molar-refractivity contribution is 1.13. The van der Waals surface area contributed by atoms with E-state index in [0.717, 1.165) is 0 Å². The topological polar surface area (TPSA) is 77.6 Å². The third-order valence-corrected chi connectivity index (χ3v) is 1.74. The van der Waals surface area contributed by atoms with Gasteiger partial charge in [-0.2, -0.15) is 0 Å². The molecule has 0 aliphatic carbocycles. The first-order valence-corrected chi connectivity index (χ1v) is 4.20. The van der Waals surface area contributed by atoms with Gasteiger partial charge in [0.15, 0.2) is 0 Å². The maximum atomic E-state index is 5.63. The molecule has 0 spiro atoms. The van der Waals surface area contributed by atoms with Crippen molar-refractivity contribution in [1.29, 1.82) is 0 Å². The average Bonchev–Trinajstić information content (AvgIpc) is 2.19. The summed E-state index contributed by atoms with van der Waals surface area (Å²) in [6.45, 7) is 0.